The Morgan fingerprint density at radius 3 is 1.97 bits per heavy atom. The molecule has 2 bridgehead atoms. The monoisotopic (exact) mass is 492 g/mol. The van der Waals surface area contributed by atoms with Crippen LogP contribution in [-0.2, 0) is 19.1 Å². The van der Waals surface area contributed by atoms with E-state index < -0.39 is 11.9 Å². The zero-order valence-corrected chi connectivity index (χ0v) is 21.5. The van der Waals surface area contributed by atoms with Crippen molar-refractivity contribution in [2.24, 2.45) is 0 Å². The normalized spacial score (nSPS) is 19.3. The van der Waals surface area contributed by atoms with E-state index in [9.17, 15) is 9.59 Å². The number of carbonyl (C=O) groups is 2. The van der Waals surface area contributed by atoms with Crippen molar-refractivity contribution in [2.45, 2.75) is 76.9 Å². The average Bonchev–Trinajstić information content (AvgIpc) is 3.51. The number of hydrogen-bond donors (Lipinski definition) is 0. The maximum Gasteiger partial charge on any atom is 0.330 e. The minimum atomic E-state index is -0.443. The molecule has 0 aromatic heterocycles. The number of ether oxygens (including phenoxy) is 4. The van der Waals surface area contributed by atoms with E-state index in [0.29, 0.717) is 24.7 Å². The van der Waals surface area contributed by atoms with Crippen LogP contribution in [0.3, 0.4) is 0 Å². The minimum Gasteiger partial charge on any atom is -0.489 e. The molecule has 2 aliphatic rings. The van der Waals surface area contributed by atoms with Crippen molar-refractivity contribution in [1.82, 2.24) is 0 Å². The van der Waals surface area contributed by atoms with E-state index >= 15 is 0 Å². The van der Waals surface area contributed by atoms with Gasteiger partial charge in [-0.05, 0) is 56.4 Å². The molecule has 36 heavy (non-hydrogen) atoms. The van der Waals surface area contributed by atoms with Gasteiger partial charge in [-0.2, -0.15) is 0 Å². The minimum absolute atomic E-state index is 0.276. The van der Waals surface area contributed by atoms with E-state index in [-0.39, 0.29) is 25.4 Å². The molecule has 0 spiro atoms. The third-order valence-electron chi connectivity index (χ3n) is 7.41. The average molecular weight is 493 g/mol. The first-order valence-electron chi connectivity index (χ1n) is 12.9. The van der Waals surface area contributed by atoms with E-state index in [1.807, 2.05) is 19.9 Å². The van der Waals surface area contributed by atoms with Crippen molar-refractivity contribution in [3.05, 3.63) is 60.2 Å². The SMILES string of the molecule is C=CC(=O)OC(CC)COc1c2c(c(OCC(CC)OC(=O)C=C)c3c(C)cccc13)C1CCC2C1. The second-order valence-electron chi connectivity index (χ2n) is 9.65. The second-order valence-corrected chi connectivity index (χ2v) is 9.65. The number of fused-ring (bicyclic) bond motifs is 6. The summed E-state index contributed by atoms with van der Waals surface area (Å²) in [6, 6.07) is 6.18. The Labute approximate surface area is 213 Å². The molecule has 1 saturated carbocycles. The molecular weight excluding hydrogens is 456 g/mol. The fraction of sp³-hybridized carbons (Fsp3) is 0.467. The van der Waals surface area contributed by atoms with Crippen LogP contribution >= 0.6 is 0 Å². The van der Waals surface area contributed by atoms with Gasteiger partial charge in [0.15, 0.2) is 0 Å². The molecule has 4 rings (SSSR count). The van der Waals surface area contributed by atoms with Gasteiger partial charge in [0.05, 0.1) is 0 Å². The molecule has 0 amide bonds. The molecule has 192 valence electrons. The smallest absolute Gasteiger partial charge is 0.330 e. The van der Waals surface area contributed by atoms with Gasteiger partial charge in [0.1, 0.15) is 36.9 Å². The van der Waals surface area contributed by atoms with Crippen molar-refractivity contribution in [2.75, 3.05) is 13.2 Å². The predicted molar refractivity (Wildman–Crippen MR) is 140 cm³/mol. The molecule has 2 aromatic carbocycles. The molecule has 4 unspecified atom stereocenters. The van der Waals surface area contributed by atoms with Gasteiger partial charge in [-0.25, -0.2) is 9.59 Å². The summed E-state index contributed by atoms with van der Waals surface area (Å²) >= 11 is 0. The zero-order chi connectivity index (χ0) is 25.8. The van der Waals surface area contributed by atoms with E-state index in [4.69, 9.17) is 18.9 Å². The lowest BCUT2D eigenvalue weighted by atomic mass is 9.86. The summed E-state index contributed by atoms with van der Waals surface area (Å²) in [6.07, 6.45) is 6.28. The van der Waals surface area contributed by atoms with Crippen molar-refractivity contribution in [3.63, 3.8) is 0 Å². The third-order valence-corrected chi connectivity index (χ3v) is 7.41. The molecule has 0 radical (unpaired) electrons. The van der Waals surface area contributed by atoms with Crippen LogP contribution in [-0.4, -0.2) is 37.4 Å². The molecule has 4 atom stereocenters. The van der Waals surface area contributed by atoms with E-state index in [1.54, 1.807) is 0 Å². The maximum atomic E-state index is 11.8. The second kappa shape index (κ2) is 11.2. The Bertz CT molecular complexity index is 1170. The molecule has 0 heterocycles. The fourth-order valence-corrected chi connectivity index (χ4v) is 5.55. The summed E-state index contributed by atoms with van der Waals surface area (Å²) in [6.45, 7) is 13.6. The Balaban J connectivity index is 1.74. The molecule has 6 nitrogen and oxygen atoms in total. The largest absolute Gasteiger partial charge is 0.489 e. The van der Waals surface area contributed by atoms with Crippen molar-refractivity contribution < 1.29 is 28.5 Å². The van der Waals surface area contributed by atoms with Gasteiger partial charge in [0.25, 0.3) is 0 Å². The van der Waals surface area contributed by atoms with Crippen molar-refractivity contribution >= 4 is 22.7 Å². The highest BCUT2D eigenvalue weighted by molar-refractivity contribution is 5.99. The van der Waals surface area contributed by atoms with Crippen LogP contribution in [0.25, 0.3) is 10.8 Å². The molecule has 0 N–H and O–H groups in total. The van der Waals surface area contributed by atoms with Crippen LogP contribution in [0.4, 0.5) is 0 Å². The molecule has 0 saturated heterocycles. The van der Waals surface area contributed by atoms with Crippen LogP contribution in [0.2, 0.25) is 0 Å². The molecule has 1 fully saturated rings. The third kappa shape index (κ3) is 4.99. The van der Waals surface area contributed by atoms with Crippen molar-refractivity contribution in [1.29, 1.82) is 0 Å². The highest BCUT2D eigenvalue weighted by Crippen LogP contribution is 2.61. The summed E-state index contributed by atoms with van der Waals surface area (Å²) in [4.78, 5) is 23.6. The molecule has 2 aliphatic carbocycles. The Morgan fingerprint density at radius 2 is 1.44 bits per heavy atom. The summed E-state index contributed by atoms with van der Waals surface area (Å²) in [5.74, 6) is 1.72. The molecule has 0 aliphatic heterocycles. The van der Waals surface area contributed by atoms with Gasteiger partial charge >= 0.3 is 11.9 Å². The number of rotatable bonds is 12. The zero-order valence-electron chi connectivity index (χ0n) is 21.5. The topological polar surface area (TPSA) is 71.1 Å². The number of hydrogen-bond acceptors (Lipinski definition) is 6. The molecular formula is C30H36O6. The van der Waals surface area contributed by atoms with E-state index in [1.165, 1.54) is 23.3 Å². The van der Waals surface area contributed by atoms with Gasteiger partial charge in [0.2, 0.25) is 0 Å². The van der Waals surface area contributed by atoms with Gasteiger partial charge in [-0.3, -0.25) is 0 Å². The standard InChI is InChI=1S/C30H36O6/c1-6-21(35-24(31)8-3)16-33-29-23-12-10-11-18(5)26(23)30(28-20-14-13-19(15-20)27(28)29)34-17-22(7-2)36-25(32)9-4/h8-12,19-22H,3-4,6-7,13-17H2,1-2,5H3. The molecule has 2 aromatic rings. The summed E-state index contributed by atoms with van der Waals surface area (Å²) in [5.41, 5.74) is 3.55. The number of benzene rings is 2. The van der Waals surface area contributed by atoms with Crippen LogP contribution in [0.5, 0.6) is 11.5 Å². The van der Waals surface area contributed by atoms with Gasteiger partial charge < -0.3 is 18.9 Å². The lowest BCUT2D eigenvalue weighted by Gasteiger charge is -2.27. The lowest BCUT2D eigenvalue weighted by molar-refractivity contribution is -0.145. The first-order chi connectivity index (χ1) is 17.4. The lowest BCUT2D eigenvalue weighted by Crippen LogP contribution is -2.25. The first kappa shape index (κ1) is 25.8. The Morgan fingerprint density at radius 1 is 0.917 bits per heavy atom. The number of esters is 2. The Hall–Kier alpha value is -3.28. The van der Waals surface area contributed by atoms with E-state index in [2.05, 4.69) is 32.2 Å². The highest BCUT2D eigenvalue weighted by Gasteiger charge is 2.43. The Kier molecular flexibility index (Phi) is 8.02. The summed E-state index contributed by atoms with van der Waals surface area (Å²) in [7, 11) is 0. The number of aryl methyl sites for hydroxylation is 1. The maximum absolute atomic E-state index is 11.8. The van der Waals surface area contributed by atoms with Crippen LogP contribution < -0.4 is 9.47 Å². The summed E-state index contributed by atoms with van der Waals surface area (Å²) in [5, 5.41) is 2.03. The van der Waals surface area contributed by atoms with Crippen molar-refractivity contribution in [3.8, 4) is 11.5 Å². The fourth-order valence-electron chi connectivity index (χ4n) is 5.55. The van der Waals surface area contributed by atoms with Crippen LogP contribution in [0, 0.1) is 6.92 Å². The first-order valence-corrected chi connectivity index (χ1v) is 12.9. The van der Waals surface area contributed by atoms with Gasteiger partial charge in [-0.1, -0.05) is 45.2 Å². The molecule has 6 heteroatoms. The van der Waals surface area contributed by atoms with Gasteiger partial charge in [-0.15, -0.1) is 0 Å². The van der Waals surface area contributed by atoms with E-state index in [0.717, 1.165) is 47.1 Å². The predicted octanol–water partition coefficient (Wildman–Crippen LogP) is 6.29. The summed E-state index contributed by atoms with van der Waals surface area (Å²) < 4.78 is 24.0. The quantitative estimate of drug-likeness (QED) is 0.256. The van der Waals surface area contributed by atoms with Crippen LogP contribution in [0.1, 0.15) is 74.5 Å². The highest BCUT2D eigenvalue weighted by atomic mass is 16.6. The number of carbonyl (C=O) groups excluding carboxylic acids is 2. The van der Waals surface area contributed by atoms with Crippen LogP contribution in [0.15, 0.2) is 43.5 Å². The van der Waals surface area contributed by atoms with Gasteiger partial charge in [0, 0.05) is 34.1 Å².